The van der Waals surface area contributed by atoms with Crippen LogP contribution in [0.5, 0.6) is 0 Å². The molecule has 1 fully saturated rings. The van der Waals surface area contributed by atoms with Gasteiger partial charge in [-0.3, -0.25) is 0 Å². The molecule has 0 aliphatic carbocycles. The molecule has 138 valence electrons. The van der Waals surface area contributed by atoms with Crippen molar-refractivity contribution in [3.8, 4) is 0 Å². The molecule has 7 nitrogen and oxygen atoms in total. The molecule has 0 amide bonds. The Hall–Kier alpha value is -1.84. The van der Waals surface area contributed by atoms with E-state index < -0.39 is 10.0 Å². The Bertz CT molecular complexity index is 1060. The van der Waals surface area contributed by atoms with E-state index in [1.807, 2.05) is 26.8 Å². The Kier molecular flexibility index (Phi) is 4.32. The van der Waals surface area contributed by atoms with Crippen molar-refractivity contribution >= 4 is 26.3 Å². The molecule has 26 heavy (non-hydrogen) atoms. The van der Waals surface area contributed by atoms with Crippen molar-refractivity contribution in [3.05, 3.63) is 40.2 Å². The molecule has 2 aromatic heterocycles. The smallest absolute Gasteiger partial charge is 0.207 e. The van der Waals surface area contributed by atoms with E-state index in [0.29, 0.717) is 18.0 Å². The molecular formula is C17H21N5O2S2. The monoisotopic (exact) mass is 391 g/mol. The van der Waals surface area contributed by atoms with Gasteiger partial charge < -0.3 is 0 Å². The Morgan fingerprint density at radius 2 is 1.81 bits per heavy atom. The number of benzene rings is 1. The van der Waals surface area contributed by atoms with E-state index >= 15 is 0 Å². The third-order valence-corrected chi connectivity index (χ3v) is 8.04. The van der Waals surface area contributed by atoms with Crippen LogP contribution in [0.2, 0.25) is 0 Å². The zero-order valence-corrected chi connectivity index (χ0v) is 16.6. The predicted octanol–water partition coefficient (Wildman–Crippen LogP) is 2.68. The number of aromatic nitrogens is 4. The average molecular weight is 392 g/mol. The maximum Gasteiger partial charge on any atom is 0.243 e. The summed E-state index contributed by atoms with van der Waals surface area (Å²) < 4.78 is 29.2. The highest BCUT2D eigenvalue weighted by molar-refractivity contribution is 7.89. The number of sulfonamides is 1. The summed E-state index contributed by atoms with van der Waals surface area (Å²) in [6.07, 6.45) is 1.54. The minimum absolute atomic E-state index is 0.271. The fraction of sp³-hybridized carbons (Fsp3) is 0.471. The van der Waals surface area contributed by atoms with Gasteiger partial charge in [0.2, 0.25) is 15.0 Å². The standard InChI is InChI=1S/C17H21N5O2S2/c1-11-4-5-15(10-12(11)2)26(23,24)21-8-6-14(7-9-21)16-20-22-13(3)18-19-17(22)25-16/h4-5,10,14H,6-9H2,1-3H3. The van der Waals surface area contributed by atoms with Crippen LogP contribution in [0.1, 0.15) is 40.7 Å². The molecule has 0 atom stereocenters. The fourth-order valence-corrected chi connectivity index (χ4v) is 5.87. The molecule has 1 aliphatic heterocycles. The van der Waals surface area contributed by atoms with E-state index in [2.05, 4.69) is 15.3 Å². The highest BCUT2D eigenvalue weighted by Gasteiger charge is 2.31. The first-order valence-corrected chi connectivity index (χ1v) is 10.9. The minimum Gasteiger partial charge on any atom is -0.207 e. The van der Waals surface area contributed by atoms with Crippen molar-refractivity contribution in [3.63, 3.8) is 0 Å². The van der Waals surface area contributed by atoms with Gasteiger partial charge in [0.05, 0.1) is 4.90 Å². The molecule has 9 heteroatoms. The predicted molar refractivity (Wildman–Crippen MR) is 100 cm³/mol. The van der Waals surface area contributed by atoms with Crippen LogP contribution in [-0.4, -0.2) is 45.6 Å². The maximum atomic E-state index is 12.9. The van der Waals surface area contributed by atoms with Crippen molar-refractivity contribution in [1.82, 2.24) is 24.1 Å². The molecule has 0 unspecified atom stereocenters. The summed E-state index contributed by atoms with van der Waals surface area (Å²) >= 11 is 1.54. The van der Waals surface area contributed by atoms with E-state index in [0.717, 1.165) is 39.8 Å². The lowest BCUT2D eigenvalue weighted by Gasteiger charge is -2.30. The van der Waals surface area contributed by atoms with Gasteiger partial charge in [-0.15, -0.1) is 10.2 Å². The number of fused-ring (bicyclic) bond motifs is 1. The number of hydrogen-bond donors (Lipinski definition) is 0. The molecule has 0 N–H and O–H groups in total. The summed E-state index contributed by atoms with van der Waals surface area (Å²) in [6.45, 7) is 6.83. The van der Waals surface area contributed by atoms with E-state index in [1.54, 1.807) is 32.3 Å². The van der Waals surface area contributed by atoms with E-state index in [9.17, 15) is 8.42 Å². The minimum atomic E-state index is -3.44. The van der Waals surface area contributed by atoms with Crippen LogP contribution >= 0.6 is 11.3 Å². The normalized spacial score (nSPS) is 17.2. The van der Waals surface area contributed by atoms with Gasteiger partial charge in [-0.1, -0.05) is 17.4 Å². The van der Waals surface area contributed by atoms with E-state index in [-0.39, 0.29) is 5.92 Å². The van der Waals surface area contributed by atoms with Crippen LogP contribution in [0.25, 0.3) is 4.96 Å². The molecule has 0 bridgehead atoms. The summed E-state index contributed by atoms with van der Waals surface area (Å²) in [5.74, 6) is 1.05. The van der Waals surface area contributed by atoms with Gasteiger partial charge in [0, 0.05) is 19.0 Å². The molecule has 4 rings (SSSR count). The molecular weight excluding hydrogens is 370 g/mol. The maximum absolute atomic E-state index is 12.9. The van der Waals surface area contributed by atoms with Crippen LogP contribution in [0.4, 0.5) is 0 Å². The van der Waals surface area contributed by atoms with Gasteiger partial charge in [0.1, 0.15) is 5.01 Å². The zero-order chi connectivity index (χ0) is 18.5. The molecule has 0 saturated carbocycles. The quantitative estimate of drug-likeness (QED) is 0.686. The van der Waals surface area contributed by atoms with Crippen LogP contribution in [0.15, 0.2) is 23.1 Å². The number of nitrogens with zero attached hydrogens (tertiary/aromatic N) is 5. The van der Waals surface area contributed by atoms with E-state index in [1.165, 1.54) is 0 Å². The van der Waals surface area contributed by atoms with Crippen molar-refractivity contribution < 1.29 is 8.42 Å². The van der Waals surface area contributed by atoms with Gasteiger partial charge in [-0.2, -0.15) is 13.9 Å². The van der Waals surface area contributed by atoms with Gasteiger partial charge >= 0.3 is 0 Å². The topological polar surface area (TPSA) is 80.5 Å². The zero-order valence-electron chi connectivity index (χ0n) is 15.0. The summed E-state index contributed by atoms with van der Waals surface area (Å²) in [6, 6.07) is 5.34. The summed E-state index contributed by atoms with van der Waals surface area (Å²) in [5, 5.41) is 13.7. The lowest BCUT2D eigenvalue weighted by molar-refractivity contribution is 0.318. The Morgan fingerprint density at radius 3 is 2.46 bits per heavy atom. The molecule has 1 aliphatic rings. The Labute approximate surface area is 156 Å². The van der Waals surface area contributed by atoms with Crippen molar-refractivity contribution in [1.29, 1.82) is 0 Å². The number of piperidine rings is 1. The van der Waals surface area contributed by atoms with Crippen molar-refractivity contribution in [2.45, 2.75) is 44.4 Å². The van der Waals surface area contributed by atoms with E-state index in [4.69, 9.17) is 0 Å². The van der Waals surface area contributed by atoms with Crippen LogP contribution in [-0.2, 0) is 10.0 Å². The summed E-state index contributed by atoms with van der Waals surface area (Å²) in [7, 11) is -3.44. The van der Waals surface area contributed by atoms with Gasteiger partial charge in [0.25, 0.3) is 0 Å². The van der Waals surface area contributed by atoms with Crippen LogP contribution < -0.4 is 0 Å². The Morgan fingerprint density at radius 1 is 1.08 bits per heavy atom. The summed E-state index contributed by atoms with van der Waals surface area (Å²) in [5.41, 5.74) is 2.09. The SMILES string of the molecule is Cc1ccc(S(=O)(=O)N2CCC(c3nn4c(C)nnc4s3)CC2)cc1C. The van der Waals surface area contributed by atoms with Crippen LogP contribution in [0, 0.1) is 20.8 Å². The number of aryl methyl sites for hydroxylation is 3. The molecule has 1 saturated heterocycles. The van der Waals surface area contributed by atoms with Crippen molar-refractivity contribution in [2.24, 2.45) is 0 Å². The second-order valence-electron chi connectivity index (χ2n) is 6.81. The highest BCUT2D eigenvalue weighted by Crippen LogP contribution is 2.33. The first-order chi connectivity index (χ1) is 12.4. The molecule has 0 radical (unpaired) electrons. The third kappa shape index (κ3) is 2.93. The van der Waals surface area contributed by atoms with Crippen LogP contribution in [0.3, 0.4) is 0 Å². The molecule has 1 aromatic carbocycles. The molecule has 3 aromatic rings. The van der Waals surface area contributed by atoms with Gasteiger partial charge in [-0.25, -0.2) is 8.42 Å². The average Bonchev–Trinajstić information content (AvgIpc) is 3.20. The highest BCUT2D eigenvalue weighted by atomic mass is 32.2. The summed E-state index contributed by atoms with van der Waals surface area (Å²) in [4.78, 5) is 1.18. The lowest BCUT2D eigenvalue weighted by Crippen LogP contribution is -2.37. The first-order valence-electron chi connectivity index (χ1n) is 8.62. The van der Waals surface area contributed by atoms with Gasteiger partial charge in [0.15, 0.2) is 5.82 Å². The van der Waals surface area contributed by atoms with Crippen molar-refractivity contribution in [2.75, 3.05) is 13.1 Å². The van der Waals surface area contributed by atoms with Gasteiger partial charge in [-0.05, 0) is 56.9 Å². The number of hydrogen-bond acceptors (Lipinski definition) is 6. The Balaban J connectivity index is 1.51. The second-order valence-corrected chi connectivity index (χ2v) is 9.73. The largest absolute Gasteiger partial charge is 0.243 e. The molecule has 3 heterocycles. The first kappa shape index (κ1) is 17.6. The number of rotatable bonds is 3. The molecule has 0 spiro atoms. The third-order valence-electron chi connectivity index (χ3n) is 5.08. The lowest BCUT2D eigenvalue weighted by atomic mass is 9.99. The fourth-order valence-electron chi connectivity index (χ4n) is 3.26. The second kappa shape index (κ2) is 6.40.